The van der Waals surface area contributed by atoms with Crippen LogP contribution in [-0.4, -0.2) is 9.91 Å². The summed E-state index contributed by atoms with van der Waals surface area (Å²) in [7, 11) is 0. The molecule has 2 aromatic carbocycles. The van der Waals surface area contributed by atoms with Crippen molar-refractivity contribution in [2.24, 2.45) is 0 Å². The third kappa shape index (κ3) is 5.49. The van der Waals surface area contributed by atoms with Crippen molar-refractivity contribution in [3.8, 4) is 11.3 Å². The molecule has 25 heavy (non-hydrogen) atoms. The zero-order valence-corrected chi connectivity index (χ0v) is 15.5. The van der Waals surface area contributed by atoms with E-state index in [2.05, 4.69) is 10.3 Å². The van der Waals surface area contributed by atoms with Crippen molar-refractivity contribution in [2.75, 3.05) is 0 Å². The zero-order chi connectivity index (χ0) is 15.4. The van der Waals surface area contributed by atoms with Gasteiger partial charge in [0.05, 0.1) is 10.6 Å². The summed E-state index contributed by atoms with van der Waals surface area (Å²) in [6.45, 7) is 0. The second-order valence-electron chi connectivity index (χ2n) is 4.62. The molecule has 0 atom stereocenters. The maximum atomic E-state index is 10.7. The number of para-hydroxylation sites is 1. The van der Waals surface area contributed by atoms with Crippen LogP contribution in [0.5, 0.6) is 0 Å². The van der Waals surface area contributed by atoms with Crippen molar-refractivity contribution < 1.29 is 25.3 Å². The molecule has 134 valence electrons. The van der Waals surface area contributed by atoms with Crippen molar-refractivity contribution in [3.05, 3.63) is 103 Å². The minimum absolute atomic E-state index is 0. The molecule has 0 radical (unpaired) electrons. The van der Waals surface area contributed by atoms with Gasteiger partial charge >= 0.3 is 0 Å². The van der Waals surface area contributed by atoms with E-state index in [0.29, 0.717) is 5.69 Å². The summed E-state index contributed by atoms with van der Waals surface area (Å²) in [6, 6.07) is 19.5. The molecule has 1 heterocycles. The van der Waals surface area contributed by atoms with E-state index in [0.717, 1.165) is 16.9 Å². The van der Waals surface area contributed by atoms with Crippen LogP contribution < -0.4 is 0 Å². The third-order valence-corrected chi connectivity index (χ3v) is 3.15. The second kappa shape index (κ2) is 10.3. The van der Waals surface area contributed by atoms with Gasteiger partial charge in [-0.2, -0.15) is 0 Å². The predicted molar refractivity (Wildman–Crippen MR) is 98.3 cm³/mol. The first-order chi connectivity index (χ1) is 10.7. The first-order valence-electron chi connectivity index (χ1n) is 6.71. The van der Waals surface area contributed by atoms with Gasteiger partial charge in [-0.25, -0.2) is 0 Å². The van der Waals surface area contributed by atoms with Crippen molar-refractivity contribution >= 4 is 17.1 Å². The number of nitro groups is 1. The number of nitro benzene ring substituents is 1. The molecule has 5 nitrogen and oxygen atoms in total. The molecule has 3 rings (SSSR count). The first kappa shape index (κ1) is 22.5. The summed E-state index contributed by atoms with van der Waals surface area (Å²) in [5.41, 5.74) is 3.24. The van der Waals surface area contributed by atoms with Crippen molar-refractivity contribution in [3.63, 3.8) is 0 Å². The number of benzene rings is 2. The van der Waals surface area contributed by atoms with Crippen LogP contribution in [0.15, 0.2) is 72.9 Å². The van der Waals surface area contributed by atoms with Crippen molar-refractivity contribution in [1.29, 1.82) is 0 Å². The number of hydrogen-bond acceptors (Lipinski definition) is 3. The van der Waals surface area contributed by atoms with Gasteiger partial charge in [-0.3, -0.25) is 15.1 Å². The Morgan fingerprint density at radius 3 is 2.12 bits per heavy atom. The van der Waals surface area contributed by atoms with Crippen LogP contribution in [0.2, 0.25) is 0 Å². The van der Waals surface area contributed by atoms with Gasteiger partial charge in [0.15, 0.2) is 0 Å². The SMILES string of the molecule is O=[N+]([O-])c1ccc([N-]c2ccccc2-c2ccccn2)cc1.[CH3-].[CH3-].[Pd]. The molecular weight excluding hydrogens is 409 g/mol. The number of pyridine rings is 1. The number of non-ortho nitro benzene ring substituents is 1. The van der Waals surface area contributed by atoms with Gasteiger partial charge in [0, 0.05) is 38.8 Å². The van der Waals surface area contributed by atoms with E-state index in [1.807, 2.05) is 42.5 Å². The molecule has 0 saturated carbocycles. The fourth-order valence-corrected chi connectivity index (χ4v) is 2.10. The van der Waals surface area contributed by atoms with Crippen LogP contribution >= 0.6 is 0 Å². The Labute approximate surface area is 161 Å². The fraction of sp³-hybridized carbons (Fsp3) is 0. The molecule has 0 aliphatic carbocycles. The first-order valence-corrected chi connectivity index (χ1v) is 6.71. The predicted octanol–water partition coefficient (Wildman–Crippen LogP) is 5.89. The summed E-state index contributed by atoms with van der Waals surface area (Å²) >= 11 is 0. The Bertz CT molecular complexity index is 793. The van der Waals surface area contributed by atoms with E-state index < -0.39 is 4.92 Å². The zero-order valence-electron chi connectivity index (χ0n) is 13.9. The van der Waals surface area contributed by atoms with Gasteiger partial charge in [0.1, 0.15) is 0 Å². The average molecular weight is 427 g/mol. The molecule has 3 aromatic rings. The minimum atomic E-state index is -0.425. The third-order valence-electron chi connectivity index (χ3n) is 3.15. The van der Waals surface area contributed by atoms with Crippen LogP contribution in [0.1, 0.15) is 0 Å². The molecule has 0 saturated heterocycles. The van der Waals surface area contributed by atoms with Gasteiger partial charge in [0.25, 0.3) is 5.69 Å². The molecule has 0 bridgehead atoms. The molecule has 0 aliphatic rings. The van der Waals surface area contributed by atoms with Gasteiger partial charge in [-0.15, -0.1) is 11.4 Å². The Hall–Kier alpha value is -2.55. The van der Waals surface area contributed by atoms with Gasteiger partial charge in [-0.05, 0) is 17.7 Å². The topological polar surface area (TPSA) is 70.1 Å². The molecule has 0 spiro atoms. The molecule has 0 aliphatic heterocycles. The van der Waals surface area contributed by atoms with E-state index in [4.69, 9.17) is 0 Å². The monoisotopic (exact) mass is 426 g/mol. The second-order valence-corrected chi connectivity index (χ2v) is 4.62. The summed E-state index contributed by atoms with van der Waals surface area (Å²) < 4.78 is 0. The molecule has 1 aromatic heterocycles. The number of rotatable bonds is 4. The van der Waals surface area contributed by atoms with Crippen LogP contribution in [-0.2, 0) is 20.4 Å². The number of hydrogen-bond donors (Lipinski definition) is 0. The van der Waals surface area contributed by atoms with Crippen molar-refractivity contribution in [2.45, 2.75) is 0 Å². The van der Waals surface area contributed by atoms with Crippen molar-refractivity contribution in [1.82, 2.24) is 4.98 Å². The van der Waals surface area contributed by atoms with Gasteiger partial charge in [0.2, 0.25) is 0 Å². The summed E-state index contributed by atoms with van der Waals surface area (Å²) in [6.07, 6.45) is 1.73. The largest absolute Gasteiger partial charge is 0.657 e. The van der Waals surface area contributed by atoms with Crippen LogP contribution in [0.4, 0.5) is 17.1 Å². The van der Waals surface area contributed by atoms with E-state index >= 15 is 0 Å². The van der Waals surface area contributed by atoms with Gasteiger partial charge < -0.3 is 20.2 Å². The number of nitrogens with zero attached hydrogens (tertiary/aromatic N) is 3. The standard InChI is InChI=1S/C17H12N3O2.2CH3.Pd/c21-20(22)14-10-8-13(9-11-14)19-17-7-2-1-5-15(17)16-6-3-4-12-18-16;;;/h1-12H;2*1H3;/q3*-1;. The Morgan fingerprint density at radius 1 is 0.880 bits per heavy atom. The van der Waals surface area contributed by atoms with Crippen LogP contribution in [0.3, 0.4) is 0 Å². The Balaban J connectivity index is 0.00000192. The maximum absolute atomic E-state index is 10.7. The summed E-state index contributed by atoms with van der Waals surface area (Å²) in [5.74, 6) is 0. The normalized spacial score (nSPS) is 8.96. The molecule has 0 unspecified atom stereocenters. The van der Waals surface area contributed by atoms with E-state index in [1.165, 1.54) is 12.1 Å². The molecular formula is C19H18N3O2Pd-3. The average Bonchev–Trinajstić information content (AvgIpc) is 2.57. The summed E-state index contributed by atoms with van der Waals surface area (Å²) in [4.78, 5) is 14.6. The Morgan fingerprint density at radius 2 is 1.52 bits per heavy atom. The molecule has 0 fully saturated rings. The molecule has 6 heteroatoms. The van der Waals surface area contributed by atoms with Gasteiger partial charge in [-0.1, -0.05) is 42.5 Å². The fourth-order valence-electron chi connectivity index (χ4n) is 2.10. The smallest absolute Gasteiger partial charge is 0.269 e. The quantitative estimate of drug-likeness (QED) is 0.226. The summed E-state index contributed by atoms with van der Waals surface area (Å²) in [5, 5.41) is 15.2. The van der Waals surface area contributed by atoms with E-state index in [-0.39, 0.29) is 41.0 Å². The minimum Gasteiger partial charge on any atom is -0.657 e. The molecule has 0 N–H and O–H groups in total. The Kier molecular flexibility index (Phi) is 9.29. The van der Waals surface area contributed by atoms with Crippen LogP contribution in [0, 0.1) is 25.0 Å². The molecule has 0 amide bonds. The van der Waals surface area contributed by atoms with E-state index in [1.54, 1.807) is 18.3 Å². The van der Waals surface area contributed by atoms with E-state index in [9.17, 15) is 10.1 Å². The maximum Gasteiger partial charge on any atom is 0.269 e. The number of aromatic nitrogens is 1. The van der Waals surface area contributed by atoms with Crippen LogP contribution in [0.25, 0.3) is 16.6 Å².